The van der Waals surface area contributed by atoms with Gasteiger partial charge in [0.25, 0.3) is 0 Å². The lowest BCUT2D eigenvalue weighted by molar-refractivity contribution is -0.126. The second kappa shape index (κ2) is 9.87. The van der Waals surface area contributed by atoms with E-state index in [1.165, 1.54) is 21.3 Å². The molecule has 30 heavy (non-hydrogen) atoms. The van der Waals surface area contributed by atoms with E-state index in [0.29, 0.717) is 36.1 Å². The SMILES string of the molecule is COc1cc(N2CC(C(=O)NCCOc3ccccc3)CC2=O)cc(OC)c1OC. The number of nitrogens with zero attached hydrogens (tertiary/aromatic N) is 1. The van der Waals surface area contributed by atoms with Crippen LogP contribution in [0.25, 0.3) is 0 Å². The molecule has 0 saturated carbocycles. The summed E-state index contributed by atoms with van der Waals surface area (Å²) in [6, 6.07) is 12.8. The van der Waals surface area contributed by atoms with Crippen molar-refractivity contribution in [3.63, 3.8) is 0 Å². The fourth-order valence-corrected chi connectivity index (χ4v) is 3.36. The summed E-state index contributed by atoms with van der Waals surface area (Å²) >= 11 is 0. The largest absolute Gasteiger partial charge is 0.493 e. The van der Waals surface area contributed by atoms with Gasteiger partial charge in [0.1, 0.15) is 12.4 Å². The average Bonchev–Trinajstić information content (AvgIpc) is 3.17. The zero-order valence-electron chi connectivity index (χ0n) is 17.3. The van der Waals surface area contributed by atoms with Crippen molar-refractivity contribution in [1.82, 2.24) is 5.32 Å². The van der Waals surface area contributed by atoms with Crippen molar-refractivity contribution < 1.29 is 28.5 Å². The normalized spacial score (nSPS) is 15.6. The quantitative estimate of drug-likeness (QED) is 0.634. The van der Waals surface area contributed by atoms with E-state index in [9.17, 15) is 9.59 Å². The summed E-state index contributed by atoms with van der Waals surface area (Å²) < 4.78 is 21.6. The van der Waals surface area contributed by atoms with Crippen LogP contribution in [0.5, 0.6) is 23.0 Å². The van der Waals surface area contributed by atoms with Crippen molar-refractivity contribution in [2.45, 2.75) is 6.42 Å². The maximum Gasteiger partial charge on any atom is 0.227 e. The van der Waals surface area contributed by atoms with E-state index in [4.69, 9.17) is 18.9 Å². The van der Waals surface area contributed by atoms with E-state index in [2.05, 4.69) is 5.32 Å². The van der Waals surface area contributed by atoms with Crippen molar-refractivity contribution in [2.75, 3.05) is 45.9 Å². The van der Waals surface area contributed by atoms with Crippen LogP contribution < -0.4 is 29.2 Å². The van der Waals surface area contributed by atoms with Crippen LogP contribution in [0.15, 0.2) is 42.5 Å². The molecular weight excluding hydrogens is 388 g/mol. The molecule has 1 heterocycles. The summed E-state index contributed by atoms with van der Waals surface area (Å²) in [7, 11) is 4.55. The number of nitrogens with one attached hydrogen (secondary N) is 1. The highest BCUT2D eigenvalue weighted by Crippen LogP contribution is 2.42. The predicted octanol–water partition coefficient (Wildman–Crippen LogP) is 2.26. The number of benzene rings is 2. The number of hydrogen-bond donors (Lipinski definition) is 1. The Hall–Kier alpha value is -3.42. The average molecular weight is 414 g/mol. The molecular formula is C22H26N2O6. The molecule has 2 amide bonds. The van der Waals surface area contributed by atoms with Crippen LogP contribution >= 0.6 is 0 Å². The number of hydrogen-bond acceptors (Lipinski definition) is 6. The van der Waals surface area contributed by atoms with Crippen LogP contribution in [0, 0.1) is 5.92 Å². The molecule has 8 heteroatoms. The van der Waals surface area contributed by atoms with E-state index in [1.54, 1.807) is 17.0 Å². The fourth-order valence-electron chi connectivity index (χ4n) is 3.36. The first kappa shape index (κ1) is 21.3. The fraction of sp³-hybridized carbons (Fsp3) is 0.364. The van der Waals surface area contributed by atoms with Crippen LogP contribution in [0.2, 0.25) is 0 Å². The van der Waals surface area contributed by atoms with Crippen LogP contribution in [-0.2, 0) is 9.59 Å². The highest BCUT2D eigenvalue weighted by molar-refractivity contribution is 6.00. The maximum atomic E-state index is 12.6. The molecule has 2 aromatic carbocycles. The van der Waals surface area contributed by atoms with Gasteiger partial charge < -0.3 is 29.2 Å². The molecule has 3 rings (SSSR count). The standard InChI is InChI=1S/C22H26N2O6/c1-27-18-12-16(13-19(28-2)21(18)29-3)24-14-15(11-20(24)25)22(26)23-9-10-30-17-7-5-4-6-8-17/h4-8,12-13,15H,9-11,14H2,1-3H3,(H,23,26). The molecule has 0 aromatic heterocycles. The molecule has 0 bridgehead atoms. The second-order valence-electron chi connectivity index (χ2n) is 6.74. The first-order chi connectivity index (χ1) is 14.6. The van der Waals surface area contributed by atoms with Crippen LogP contribution in [-0.4, -0.2) is 52.8 Å². The molecule has 1 aliphatic heterocycles. The predicted molar refractivity (Wildman–Crippen MR) is 112 cm³/mol. The van der Waals surface area contributed by atoms with Gasteiger partial charge in [-0.25, -0.2) is 0 Å². The molecule has 1 unspecified atom stereocenters. The molecule has 1 saturated heterocycles. The van der Waals surface area contributed by atoms with E-state index in [1.807, 2.05) is 30.3 Å². The second-order valence-corrected chi connectivity index (χ2v) is 6.74. The molecule has 0 radical (unpaired) electrons. The number of carbonyl (C=O) groups excluding carboxylic acids is 2. The Balaban J connectivity index is 1.60. The molecule has 1 N–H and O–H groups in total. The molecule has 0 spiro atoms. The molecule has 1 fully saturated rings. The van der Waals surface area contributed by atoms with E-state index >= 15 is 0 Å². The van der Waals surface area contributed by atoms with E-state index in [0.717, 1.165) is 5.75 Å². The van der Waals surface area contributed by atoms with Crippen LogP contribution in [0.3, 0.4) is 0 Å². The van der Waals surface area contributed by atoms with Gasteiger partial charge in [-0.3, -0.25) is 9.59 Å². The van der Waals surface area contributed by atoms with Gasteiger partial charge in [-0.05, 0) is 12.1 Å². The lowest BCUT2D eigenvalue weighted by atomic mass is 10.1. The minimum absolute atomic E-state index is 0.134. The number of methoxy groups -OCH3 is 3. The maximum absolute atomic E-state index is 12.6. The Morgan fingerprint density at radius 2 is 1.73 bits per heavy atom. The zero-order chi connectivity index (χ0) is 21.5. The number of rotatable bonds is 9. The summed E-state index contributed by atoms with van der Waals surface area (Å²) in [6.45, 7) is 0.998. The first-order valence-corrected chi connectivity index (χ1v) is 9.63. The van der Waals surface area contributed by atoms with E-state index in [-0.39, 0.29) is 24.8 Å². The Labute approximate surface area is 175 Å². The van der Waals surface area contributed by atoms with Gasteiger partial charge in [-0.15, -0.1) is 0 Å². The van der Waals surface area contributed by atoms with E-state index < -0.39 is 5.92 Å². The highest BCUT2D eigenvalue weighted by Gasteiger charge is 2.35. The summed E-state index contributed by atoms with van der Waals surface area (Å²) in [6.07, 6.45) is 0.141. The molecule has 1 aliphatic rings. The first-order valence-electron chi connectivity index (χ1n) is 9.63. The van der Waals surface area contributed by atoms with Gasteiger partial charge in [0, 0.05) is 25.1 Å². The van der Waals surface area contributed by atoms with Gasteiger partial charge in [0.2, 0.25) is 17.6 Å². The van der Waals surface area contributed by atoms with Crippen LogP contribution in [0.1, 0.15) is 6.42 Å². The third kappa shape index (κ3) is 4.76. The number of ether oxygens (including phenoxy) is 4. The van der Waals surface area contributed by atoms with Gasteiger partial charge in [0.05, 0.1) is 39.5 Å². The summed E-state index contributed by atoms with van der Waals surface area (Å²) in [5.74, 6) is 1.35. The smallest absolute Gasteiger partial charge is 0.227 e. The van der Waals surface area contributed by atoms with Crippen molar-refractivity contribution in [2.24, 2.45) is 5.92 Å². The van der Waals surface area contributed by atoms with Gasteiger partial charge in [0.15, 0.2) is 11.5 Å². The lowest BCUT2D eigenvalue weighted by Gasteiger charge is -2.20. The van der Waals surface area contributed by atoms with Crippen molar-refractivity contribution in [3.8, 4) is 23.0 Å². The lowest BCUT2D eigenvalue weighted by Crippen LogP contribution is -2.35. The van der Waals surface area contributed by atoms with Crippen molar-refractivity contribution >= 4 is 17.5 Å². The zero-order valence-corrected chi connectivity index (χ0v) is 17.3. The number of carbonyl (C=O) groups is 2. The number of amides is 2. The third-order valence-electron chi connectivity index (χ3n) is 4.87. The topological polar surface area (TPSA) is 86.3 Å². The minimum Gasteiger partial charge on any atom is -0.493 e. The van der Waals surface area contributed by atoms with Gasteiger partial charge >= 0.3 is 0 Å². The Morgan fingerprint density at radius 1 is 1.07 bits per heavy atom. The molecule has 2 aromatic rings. The molecule has 0 aliphatic carbocycles. The Morgan fingerprint density at radius 3 is 2.33 bits per heavy atom. The summed E-state index contributed by atoms with van der Waals surface area (Å²) in [5, 5.41) is 2.84. The number of anilines is 1. The summed E-state index contributed by atoms with van der Waals surface area (Å²) in [4.78, 5) is 26.6. The monoisotopic (exact) mass is 414 g/mol. The van der Waals surface area contributed by atoms with Gasteiger partial charge in [-0.2, -0.15) is 0 Å². The Bertz CT molecular complexity index is 861. The van der Waals surface area contributed by atoms with Crippen molar-refractivity contribution in [1.29, 1.82) is 0 Å². The molecule has 160 valence electrons. The Kier molecular flexibility index (Phi) is 7.00. The third-order valence-corrected chi connectivity index (χ3v) is 4.87. The molecule has 8 nitrogen and oxygen atoms in total. The summed E-state index contributed by atoms with van der Waals surface area (Å²) in [5.41, 5.74) is 0.595. The van der Waals surface area contributed by atoms with Crippen molar-refractivity contribution in [3.05, 3.63) is 42.5 Å². The number of para-hydroxylation sites is 1. The highest BCUT2D eigenvalue weighted by atomic mass is 16.5. The van der Waals surface area contributed by atoms with Gasteiger partial charge in [-0.1, -0.05) is 18.2 Å². The molecule has 1 atom stereocenters. The minimum atomic E-state index is -0.437. The van der Waals surface area contributed by atoms with Crippen LogP contribution in [0.4, 0.5) is 5.69 Å².